The summed E-state index contributed by atoms with van der Waals surface area (Å²) in [5, 5.41) is 9.56. The van der Waals surface area contributed by atoms with Gasteiger partial charge in [0.25, 0.3) is 5.56 Å². The van der Waals surface area contributed by atoms with Crippen molar-refractivity contribution in [1.82, 2.24) is 9.97 Å². The lowest BCUT2D eigenvalue weighted by atomic mass is 10.1. The number of halogens is 1. The summed E-state index contributed by atoms with van der Waals surface area (Å²) in [5.74, 6) is -0.415. The van der Waals surface area contributed by atoms with E-state index in [1.807, 2.05) is 13.0 Å². The lowest BCUT2D eigenvalue weighted by Crippen LogP contribution is -2.14. The summed E-state index contributed by atoms with van der Waals surface area (Å²) in [5.41, 5.74) is 0.0606. The second kappa shape index (κ2) is 7.09. The highest BCUT2D eigenvalue weighted by Crippen LogP contribution is 2.27. The van der Waals surface area contributed by atoms with Gasteiger partial charge in [-0.05, 0) is 30.9 Å². The summed E-state index contributed by atoms with van der Waals surface area (Å²) in [6.07, 6.45) is 2.50. The van der Waals surface area contributed by atoms with Crippen LogP contribution in [0.3, 0.4) is 0 Å². The quantitative estimate of drug-likeness (QED) is 0.677. The van der Waals surface area contributed by atoms with E-state index in [2.05, 4.69) is 9.97 Å². The van der Waals surface area contributed by atoms with Crippen LogP contribution in [-0.4, -0.2) is 22.8 Å². The van der Waals surface area contributed by atoms with Crippen molar-refractivity contribution in [3.8, 4) is 23.1 Å². The van der Waals surface area contributed by atoms with Crippen LogP contribution in [0.2, 0.25) is 0 Å². The molecule has 0 aliphatic heterocycles. The molecule has 0 radical (unpaired) electrons. The van der Waals surface area contributed by atoms with Crippen LogP contribution in [0.25, 0.3) is 11.3 Å². The summed E-state index contributed by atoms with van der Waals surface area (Å²) >= 11 is 1.25. The number of nitrogens with one attached hydrogen (secondary N) is 1. The normalized spacial score (nSPS) is 10.3. The van der Waals surface area contributed by atoms with Crippen LogP contribution < -0.4 is 10.3 Å². The predicted molar refractivity (Wildman–Crippen MR) is 82.5 cm³/mol. The average Bonchev–Trinajstić information content (AvgIpc) is 2.53. The van der Waals surface area contributed by atoms with Crippen molar-refractivity contribution < 1.29 is 9.13 Å². The van der Waals surface area contributed by atoms with Gasteiger partial charge in [-0.3, -0.25) is 4.79 Å². The van der Waals surface area contributed by atoms with Gasteiger partial charge < -0.3 is 9.72 Å². The van der Waals surface area contributed by atoms with Crippen molar-refractivity contribution in [2.75, 3.05) is 12.9 Å². The third-order valence-electron chi connectivity index (χ3n) is 2.87. The van der Waals surface area contributed by atoms with Crippen LogP contribution in [0.4, 0.5) is 4.39 Å². The molecule has 2 rings (SSSR count). The highest BCUT2D eigenvalue weighted by atomic mass is 32.2. The second-order valence-corrected chi connectivity index (χ2v) is 5.20. The zero-order chi connectivity index (χ0) is 16.1. The molecule has 2 aromatic rings. The van der Waals surface area contributed by atoms with Gasteiger partial charge in [-0.1, -0.05) is 18.7 Å². The number of ether oxygens (including phenoxy) is 1. The monoisotopic (exact) mass is 319 g/mol. The number of aromatic amines is 1. The Balaban J connectivity index is 2.59. The van der Waals surface area contributed by atoms with E-state index in [-0.39, 0.29) is 17.0 Å². The van der Waals surface area contributed by atoms with Crippen LogP contribution >= 0.6 is 11.8 Å². The van der Waals surface area contributed by atoms with Crippen LogP contribution in [0.15, 0.2) is 28.2 Å². The summed E-state index contributed by atoms with van der Waals surface area (Å²) < 4.78 is 19.1. The largest absolute Gasteiger partial charge is 0.491 e. The molecule has 1 heterocycles. The van der Waals surface area contributed by atoms with Crippen molar-refractivity contribution >= 4 is 11.8 Å². The fourth-order valence-electron chi connectivity index (χ4n) is 1.84. The van der Waals surface area contributed by atoms with Crippen molar-refractivity contribution in [2.24, 2.45) is 0 Å². The molecule has 114 valence electrons. The standard InChI is InChI=1S/C15H14FN3O2S/c1-3-6-21-12-7-9(4-5-11(12)16)13-10(8-17)14(20)19-15(18-13)22-2/h4-5,7H,3,6H2,1-2H3,(H,18,19,20). The maximum atomic E-state index is 13.7. The number of thioether (sulfide) groups is 1. The van der Waals surface area contributed by atoms with Gasteiger partial charge in [0.05, 0.1) is 12.3 Å². The first-order chi connectivity index (χ1) is 10.6. The smallest absolute Gasteiger partial charge is 0.270 e. The van der Waals surface area contributed by atoms with E-state index >= 15 is 0 Å². The average molecular weight is 319 g/mol. The number of aromatic nitrogens is 2. The summed E-state index contributed by atoms with van der Waals surface area (Å²) in [6, 6.07) is 6.01. The van der Waals surface area contributed by atoms with Gasteiger partial charge in [0, 0.05) is 5.56 Å². The van der Waals surface area contributed by atoms with Gasteiger partial charge in [0.2, 0.25) is 0 Å². The van der Waals surface area contributed by atoms with Crippen LogP contribution in [0.5, 0.6) is 5.75 Å². The Labute approximate surface area is 131 Å². The minimum Gasteiger partial charge on any atom is -0.491 e. The predicted octanol–water partition coefficient (Wildman–Crippen LogP) is 2.96. The number of nitriles is 1. The molecule has 0 bridgehead atoms. The molecule has 0 spiro atoms. The maximum absolute atomic E-state index is 13.7. The Morgan fingerprint density at radius 3 is 2.91 bits per heavy atom. The van der Waals surface area contributed by atoms with E-state index in [9.17, 15) is 9.18 Å². The lowest BCUT2D eigenvalue weighted by molar-refractivity contribution is 0.301. The Bertz CT molecular complexity index is 783. The highest BCUT2D eigenvalue weighted by Gasteiger charge is 2.15. The van der Waals surface area contributed by atoms with E-state index in [0.717, 1.165) is 6.42 Å². The minimum absolute atomic E-state index is 0.0797. The maximum Gasteiger partial charge on any atom is 0.270 e. The van der Waals surface area contributed by atoms with Crippen LogP contribution in [0.1, 0.15) is 18.9 Å². The molecule has 0 unspecified atom stereocenters. The Morgan fingerprint density at radius 2 is 2.27 bits per heavy atom. The zero-order valence-corrected chi connectivity index (χ0v) is 13.0. The molecule has 0 atom stereocenters. The molecule has 0 aliphatic rings. The third-order valence-corrected chi connectivity index (χ3v) is 3.45. The van der Waals surface area contributed by atoms with Crippen LogP contribution in [-0.2, 0) is 0 Å². The Morgan fingerprint density at radius 1 is 1.50 bits per heavy atom. The first-order valence-electron chi connectivity index (χ1n) is 6.61. The van der Waals surface area contributed by atoms with E-state index < -0.39 is 11.4 Å². The minimum atomic E-state index is -0.516. The molecule has 0 amide bonds. The third kappa shape index (κ3) is 3.28. The van der Waals surface area contributed by atoms with E-state index in [4.69, 9.17) is 10.00 Å². The molecule has 0 saturated heterocycles. The molecule has 0 aliphatic carbocycles. The van der Waals surface area contributed by atoms with Gasteiger partial charge >= 0.3 is 0 Å². The van der Waals surface area contributed by atoms with Gasteiger partial charge in [-0.15, -0.1) is 0 Å². The molecule has 7 heteroatoms. The number of hydrogen-bond donors (Lipinski definition) is 1. The number of hydrogen-bond acceptors (Lipinski definition) is 5. The molecule has 1 N–H and O–H groups in total. The van der Waals surface area contributed by atoms with Crippen molar-refractivity contribution in [2.45, 2.75) is 18.5 Å². The summed E-state index contributed by atoms with van der Waals surface area (Å²) in [6.45, 7) is 2.29. The number of H-pyrrole nitrogens is 1. The van der Waals surface area contributed by atoms with Crippen molar-refractivity contribution in [3.05, 3.63) is 39.9 Å². The van der Waals surface area contributed by atoms with E-state index in [0.29, 0.717) is 17.3 Å². The molecule has 5 nitrogen and oxygen atoms in total. The Hall–Kier alpha value is -2.33. The molecule has 1 aromatic carbocycles. The molecular weight excluding hydrogens is 305 g/mol. The number of benzene rings is 1. The topological polar surface area (TPSA) is 78.8 Å². The van der Waals surface area contributed by atoms with Crippen molar-refractivity contribution in [3.63, 3.8) is 0 Å². The van der Waals surface area contributed by atoms with Crippen LogP contribution in [0, 0.1) is 17.1 Å². The molecule has 0 saturated carbocycles. The highest BCUT2D eigenvalue weighted by molar-refractivity contribution is 7.98. The molecular formula is C15H14FN3O2S. The van der Waals surface area contributed by atoms with Gasteiger partial charge in [-0.2, -0.15) is 5.26 Å². The summed E-state index contributed by atoms with van der Waals surface area (Å²) in [4.78, 5) is 18.7. The van der Waals surface area contributed by atoms with Gasteiger partial charge in [0.1, 0.15) is 11.6 Å². The zero-order valence-electron chi connectivity index (χ0n) is 12.1. The fraction of sp³-hybridized carbons (Fsp3) is 0.267. The van der Waals surface area contributed by atoms with Gasteiger partial charge in [-0.25, -0.2) is 9.37 Å². The Kier molecular flexibility index (Phi) is 5.17. The first kappa shape index (κ1) is 16.0. The number of nitrogens with zero attached hydrogens (tertiary/aromatic N) is 2. The van der Waals surface area contributed by atoms with E-state index in [1.54, 1.807) is 6.26 Å². The van der Waals surface area contributed by atoms with E-state index in [1.165, 1.54) is 30.0 Å². The van der Waals surface area contributed by atoms with Crippen molar-refractivity contribution in [1.29, 1.82) is 5.26 Å². The molecule has 0 fully saturated rings. The van der Waals surface area contributed by atoms with Gasteiger partial charge in [0.15, 0.2) is 16.7 Å². The molecule has 22 heavy (non-hydrogen) atoms. The lowest BCUT2D eigenvalue weighted by Gasteiger charge is -2.09. The SMILES string of the molecule is CCCOc1cc(-c2nc(SC)[nH]c(=O)c2C#N)ccc1F. The second-order valence-electron chi connectivity index (χ2n) is 4.40. The number of rotatable bonds is 5. The molecule has 1 aromatic heterocycles. The first-order valence-corrected chi connectivity index (χ1v) is 7.84. The summed E-state index contributed by atoms with van der Waals surface area (Å²) in [7, 11) is 0. The fourth-order valence-corrected chi connectivity index (χ4v) is 2.21.